The first kappa shape index (κ1) is 15.2. The Morgan fingerprint density at radius 2 is 2.19 bits per heavy atom. The topological polar surface area (TPSA) is 88.3 Å². The molecule has 112 valence electrons. The maximum atomic E-state index is 11.1. The summed E-state index contributed by atoms with van der Waals surface area (Å²) in [6, 6.07) is 4.96. The second-order valence-corrected chi connectivity index (χ2v) is 5.08. The van der Waals surface area contributed by atoms with Crippen LogP contribution in [-0.4, -0.2) is 27.7 Å². The van der Waals surface area contributed by atoms with Crippen molar-refractivity contribution in [2.24, 2.45) is 0 Å². The number of benzene rings is 1. The van der Waals surface area contributed by atoms with Gasteiger partial charge in [-0.25, -0.2) is 0 Å². The number of aryl methyl sites for hydroxylation is 1. The van der Waals surface area contributed by atoms with Crippen molar-refractivity contribution < 1.29 is 10.0 Å². The summed E-state index contributed by atoms with van der Waals surface area (Å²) in [5.74, 6) is 0. The molecule has 21 heavy (non-hydrogen) atoms. The average Bonchev–Trinajstić information content (AvgIpc) is 2.44. The molecule has 0 aliphatic heterocycles. The third-order valence-electron chi connectivity index (χ3n) is 3.36. The number of hydrogen-bond donors (Lipinski definition) is 2. The number of fused-ring (bicyclic) bond motifs is 1. The molecule has 1 aromatic carbocycles. The van der Waals surface area contributed by atoms with Crippen LogP contribution in [-0.2, 0) is 0 Å². The number of nitrogens with one attached hydrogen (secondary N) is 1. The van der Waals surface area contributed by atoms with E-state index in [4.69, 9.17) is 0 Å². The van der Waals surface area contributed by atoms with Crippen LogP contribution in [0.3, 0.4) is 0 Å². The highest BCUT2D eigenvalue weighted by Gasteiger charge is 2.15. The Labute approximate surface area is 123 Å². The van der Waals surface area contributed by atoms with Crippen molar-refractivity contribution in [3.63, 3.8) is 0 Å². The van der Waals surface area contributed by atoms with Crippen molar-refractivity contribution in [1.29, 1.82) is 0 Å². The minimum atomic E-state index is -0.428. The minimum absolute atomic E-state index is 0.0390. The van der Waals surface area contributed by atoms with Gasteiger partial charge in [-0.05, 0) is 25.5 Å². The predicted octanol–water partition coefficient (Wildman–Crippen LogP) is 3.02. The molecule has 0 radical (unpaired) electrons. The number of nitrogens with zero attached hydrogens (tertiary/aromatic N) is 2. The van der Waals surface area contributed by atoms with Gasteiger partial charge in [0.15, 0.2) is 0 Å². The quantitative estimate of drug-likeness (QED) is 0.630. The van der Waals surface area contributed by atoms with Crippen LogP contribution in [0.25, 0.3) is 10.8 Å². The van der Waals surface area contributed by atoms with Crippen LogP contribution in [0, 0.1) is 17.0 Å². The monoisotopic (exact) mass is 289 g/mol. The van der Waals surface area contributed by atoms with Crippen LogP contribution in [0.15, 0.2) is 24.4 Å². The fraction of sp³-hybridized carbons (Fsp3) is 0.400. The van der Waals surface area contributed by atoms with Crippen molar-refractivity contribution in [3.05, 3.63) is 40.2 Å². The van der Waals surface area contributed by atoms with E-state index in [0.717, 1.165) is 29.6 Å². The molecule has 1 aromatic heterocycles. The van der Waals surface area contributed by atoms with Crippen molar-refractivity contribution in [2.45, 2.75) is 32.8 Å². The second-order valence-electron chi connectivity index (χ2n) is 5.08. The zero-order chi connectivity index (χ0) is 15.4. The van der Waals surface area contributed by atoms with E-state index in [-0.39, 0.29) is 5.69 Å². The lowest BCUT2D eigenvalue weighted by molar-refractivity contribution is -0.383. The van der Waals surface area contributed by atoms with Crippen LogP contribution in [0.1, 0.15) is 25.5 Å². The van der Waals surface area contributed by atoms with Crippen LogP contribution in [0.2, 0.25) is 0 Å². The Kier molecular flexibility index (Phi) is 4.70. The summed E-state index contributed by atoms with van der Waals surface area (Å²) >= 11 is 0. The van der Waals surface area contributed by atoms with Gasteiger partial charge in [0.05, 0.1) is 16.4 Å². The maximum absolute atomic E-state index is 11.1. The number of pyridine rings is 1. The summed E-state index contributed by atoms with van der Waals surface area (Å²) in [6.45, 7) is 4.27. The molecule has 2 aromatic rings. The summed E-state index contributed by atoms with van der Waals surface area (Å²) in [6.07, 6.45) is 2.73. The third kappa shape index (κ3) is 3.46. The first-order valence-corrected chi connectivity index (χ1v) is 6.98. The Balaban J connectivity index is 2.38. The fourth-order valence-corrected chi connectivity index (χ4v) is 2.31. The molecule has 0 spiro atoms. The largest absolute Gasteiger partial charge is 0.391 e. The third-order valence-corrected chi connectivity index (χ3v) is 3.36. The molecular weight excluding hydrogens is 270 g/mol. The van der Waals surface area contributed by atoms with Gasteiger partial charge in [-0.1, -0.05) is 13.3 Å². The van der Waals surface area contributed by atoms with E-state index in [2.05, 4.69) is 10.3 Å². The van der Waals surface area contributed by atoms with Crippen LogP contribution in [0.5, 0.6) is 0 Å². The number of hydrogen-bond acceptors (Lipinski definition) is 5. The number of anilines is 1. The SMILES string of the molecule is CCCC(O)CNc1ccc([N+](=O)[O-])c2cnc(C)cc12. The Morgan fingerprint density at radius 3 is 2.86 bits per heavy atom. The van der Waals surface area contributed by atoms with E-state index in [1.54, 1.807) is 6.07 Å². The molecule has 0 saturated heterocycles. The van der Waals surface area contributed by atoms with Gasteiger partial charge in [0.1, 0.15) is 0 Å². The number of aliphatic hydroxyl groups excluding tert-OH is 1. The first-order valence-electron chi connectivity index (χ1n) is 6.98. The van der Waals surface area contributed by atoms with Gasteiger partial charge in [0.2, 0.25) is 0 Å². The predicted molar refractivity (Wildman–Crippen MR) is 82.5 cm³/mol. The number of non-ortho nitro benzene ring substituents is 1. The van der Waals surface area contributed by atoms with Gasteiger partial charge < -0.3 is 10.4 Å². The summed E-state index contributed by atoms with van der Waals surface area (Å²) < 4.78 is 0. The fourth-order valence-electron chi connectivity index (χ4n) is 2.31. The Bertz CT molecular complexity index is 658. The van der Waals surface area contributed by atoms with E-state index in [1.165, 1.54) is 12.3 Å². The van der Waals surface area contributed by atoms with E-state index < -0.39 is 11.0 Å². The van der Waals surface area contributed by atoms with Crippen LogP contribution in [0.4, 0.5) is 11.4 Å². The smallest absolute Gasteiger partial charge is 0.278 e. The standard InChI is InChI=1S/C15H19N3O3/c1-3-4-11(19)8-17-14-5-6-15(18(20)21)13-9-16-10(2)7-12(13)14/h5-7,9,11,17,19H,3-4,8H2,1-2H3. The van der Waals surface area contributed by atoms with Crippen molar-refractivity contribution in [2.75, 3.05) is 11.9 Å². The lowest BCUT2D eigenvalue weighted by atomic mass is 10.1. The van der Waals surface area contributed by atoms with Gasteiger partial charge in [-0.3, -0.25) is 15.1 Å². The zero-order valence-corrected chi connectivity index (χ0v) is 12.2. The van der Waals surface area contributed by atoms with E-state index in [9.17, 15) is 15.2 Å². The van der Waals surface area contributed by atoms with E-state index in [0.29, 0.717) is 11.9 Å². The first-order chi connectivity index (χ1) is 10.0. The number of nitro benzene ring substituents is 1. The molecule has 1 unspecified atom stereocenters. The van der Waals surface area contributed by atoms with E-state index in [1.807, 2.05) is 19.9 Å². The highest BCUT2D eigenvalue weighted by molar-refractivity contribution is 5.99. The molecule has 0 saturated carbocycles. The molecule has 0 bridgehead atoms. The number of nitro groups is 1. The molecule has 0 aliphatic carbocycles. The van der Waals surface area contributed by atoms with Crippen molar-refractivity contribution in [3.8, 4) is 0 Å². The van der Waals surface area contributed by atoms with Crippen LogP contribution >= 0.6 is 0 Å². The van der Waals surface area contributed by atoms with Gasteiger partial charge >= 0.3 is 0 Å². The zero-order valence-electron chi connectivity index (χ0n) is 12.2. The summed E-state index contributed by atoms with van der Waals surface area (Å²) in [7, 11) is 0. The number of aromatic nitrogens is 1. The van der Waals surface area contributed by atoms with E-state index >= 15 is 0 Å². The molecule has 0 amide bonds. The normalized spacial score (nSPS) is 12.3. The summed E-state index contributed by atoms with van der Waals surface area (Å²) in [4.78, 5) is 14.8. The van der Waals surface area contributed by atoms with Gasteiger partial charge in [-0.15, -0.1) is 0 Å². The number of aliphatic hydroxyl groups is 1. The molecule has 0 fully saturated rings. The lowest BCUT2D eigenvalue weighted by Gasteiger charge is -2.14. The lowest BCUT2D eigenvalue weighted by Crippen LogP contribution is -2.19. The van der Waals surface area contributed by atoms with Crippen LogP contribution < -0.4 is 5.32 Å². The van der Waals surface area contributed by atoms with Gasteiger partial charge in [0.25, 0.3) is 5.69 Å². The van der Waals surface area contributed by atoms with Gasteiger partial charge in [0, 0.05) is 35.6 Å². The average molecular weight is 289 g/mol. The summed E-state index contributed by atoms with van der Waals surface area (Å²) in [5, 5.41) is 25.3. The van der Waals surface area contributed by atoms with Crippen molar-refractivity contribution >= 4 is 22.1 Å². The molecule has 2 N–H and O–H groups in total. The Morgan fingerprint density at radius 1 is 1.43 bits per heavy atom. The molecule has 6 nitrogen and oxygen atoms in total. The molecule has 1 atom stereocenters. The van der Waals surface area contributed by atoms with Crippen molar-refractivity contribution in [1.82, 2.24) is 4.98 Å². The minimum Gasteiger partial charge on any atom is -0.391 e. The highest BCUT2D eigenvalue weighted by Crippen LogP contribution is 2.31. The Hall–Kier alpha value is -2.21. The molecule has 0 aliphatic rings. The van der Waals surface area contributed by atoms with Gasteiger partial charge in [-0.2, -0.15) is 0 Å². The molecule has 1 heterocycles. The second kappa shape index (κ2) is 6.49. The molecule has 6 heteroatoms. The molecular formula is C15H19N3O3. The highest BCUT2D eigenvalue weighted by atomic mass is 16.6. The maximum Gasteiger partial charge on any atom is 0.278 e. The summed E-state index contributed by atoms with van der Waals surface area (Å²) in [5.41, 5.74) is 1.61. The number of rotatable bonds is 6. The molecule has 2 rings (SSSR count).